The van der Waals surface area contributed by atoms with Crippen LogP contribution in [0.15, 0.2) is 0 Å². The average Bonchev–Trinajstić information content (AvgIpc) is 2.56. The highest BCUT2D eigenvalue weighted by molar-refractivity contribution is 5.78. The maximum absolute atomic E-state index is 12.4. The lowest BCUT2D eigenvalue weighted by atomic mass is 9.98. The van der Waals surface area contributed by atoms with Crippen molar-refractivity contribution in [1.82, 2.24) is 4.90 Å². The summed E-state index contributed by atoms with van der Waals surface area (Å²) in [5, 5.41) is 0. The third-order valence-electron chi connectivity index (χ3n) is 4.97. The van der Waals surface area contributed by atoms with Gasteiger partial charge in [0.05, 0.1) is 0 Å². The van der Waals surface area contributed by atoms with Crippen LogP contribution in [-0.4, -0.2) is 24.4 Å². The summed E-state index contributed by atoms with van der Waals surface area (Å²) in [5.74, 6) is 0.625. The third-order valence-corrected chi connectivity index (χ3v) is 4.97. The fraction of sp³-hybridized carbons (Fsp3) is 0.952. The highest BCUT2D eigenvalue weighted by Crippen LogP contribution is 2.16. The summed E-state index contributed by atoms with van der Waals surface area (Å²) in [6.07, 6.45) is 17.9. The van der Waals surface area contributed by atoms with Crippen LogP contribution in [0, 0.1) is 5.92 Å². The van der Waals surface area contributed by atoms with Crippen LogP contribution in [0.25, 0.3) is 0 Å². The minimum absolute atomic E-state index is 0.253. The van der Waals surface area contributed by atoms with Crippen molar-refractivity contribution in [3.8, 4) is 0 Å². The van der Waals surface area contributed by atoms with Gasteiger partial charge in [0.15, 0.2) is 0 Å². The summed E-state index contributed by atoms with van der Waals surface area (Å²) >= 11 is 0. The molecule has 1 unspecified atom stereocenters. The van der Waals surface area contributed by atoms with Gasteiger partial charge in [-0.3, -0.25) is 4.79 Å². The summed E-state index contributed by atoms with van der Waals surface area (Å²) in [4.78, 5) is 14.4. The predicted octanol–water partition coefficient (Wildman–Crippen LogP) is 6.58. The summed E-state index contributed by atoms with van der Waals surface area (Å²) in [5.41, 5.74) is 0. The Morgan fingerprint density at radius 3 is 1.70 bits per heavy atom. The van der Waals surface area contributed by atoms with Gasteiger partial charge < -0.3 is 4.90 Å². The molecule has 2 heteroatoms. The molecule has 1 amide bonds. The summed E-state index contributed by atoms with van der Waals surface area (Å²) in [6.45, 7) is 7.56. The van der Waals surface area contributed by atoms with E-state index in [0.29, 0.717) is 5.91 Å². The molecule has 0 aliphatic rings. The van der Waals surface area contributed by atoms with Crippen LogP contribution in [-0.2, 0) is 4.79 Å². The van der Waals surface area contributed by atoms with Crippen LogP contribution in [0.3, 0.4) is 0 Å². The number of carbonyl (C=O) groups is 1. The molecule has 0 aromatic heterocycles. The molecule has 138 valence electrons. The van der Waals surface area contributed by atoms with Crippen LogP contribution in [0.1, 0.15) is 111 Å². The highest BCUT2D eigenvalue weighted by Gasteiger charge is 2.19. The van der Waals surface area contributed by atoms with Crippen molar-refractivity contribution >= 4 is 5.91 Å². The van der Waals surface area contributed by atoms with Gasteiger partial charge in [-0.05, 0) is 19.3 Å². The van der Waals surface area contributed by atoms with Crippen LogP contribution in [0.5, 0.6) is 0 Å². The molecule has 1 atom stereocenters. The summed E-state index contributed by atoms with van der Waals surface area (Å²) in [7, 11) is 1.99. The first-order chi connectivity index (χ1) is 11.2. The zero-order chi connectivity index (χ0) is 17.3. The molecular weight excluding hydrogens is 282 g/mol. The minimum Gasteiger partial charge on any atom is -0.346 e. The first-order valence-electron chi connectivity index (χ1n) is 10.4. The van der Waals surface area contributed by atoms with Crippen molar-refractivity contribution < 1.29 is 4.79 Å². The lowest BCUT2D eigenvalue weighted by molar-refractivity contribution is -0.134. The summed E-state index contributed by atoms with van der Waals surface area (Å²) < 4.78 is 0. The third kappa shape index (κ3) is 12.5. The Bertz CT molecular complexity index is 265. The number of rotatable bonds is 16. The van der Waals surface area contributed by atoms with E-state index >= 15 is 0 Å². The number of hydrogen-bond acceptors (Lipinski definition) is 1. The molecule has 0 aromatic rings. The van der Waals surface area contributed by atoms with E-state index in [1.165, 1.54) is 77.0 Å². The van der Waals surface area contributed by atoms with E-state index in [1.54, 1.807) is 0 Å². The lowest BCUT2D eigenvalue weighted by Crippen LogP contribution is -2.33. The van der Waals surface area contributed by atoms with E-state index in [0.717, 1.165) is 19.4 Å². The molecule has 0 radical (unpaired) electrons. The molecule has 0 spiro atoms. The number of unbranched alkanes of at least 4 members (excludes halogenated alkanes) is 10. The molecule has 0 saturated heterocycles. The Kier molecular flexibility index (Phi) is 16.0. The van der Waals surface area contributed by atoms with E-state index in [9.17, 15) is 4.79 Å². The normalized spacial score (nSPS) is 12.3. The van der Waals surface area contributed by atoms with Crippen molar-refractivity contribution in [2.75, 3.05) is 13.6 Å². The zero-order valence-electron chi connectivity index (χ0n) is 16.5. The number of amides is 1. The molecular formula is C21H43NO. The van der Waals surface area contributed by atoms with E-state index in [4.69, 9.17) is 0 Å². The number of hydrogen-bond donors (Lipinski definition) is 0. The van der Waals surface area contributed by atoms with E-state index < -0.39 is 0 Å². The predicted molar refractivity (Wildman–Crippen MR) is 103 cm³/mol. The van der Waals surface area contributed by atoms with Crippen LogP contribution in [0.4, 0.5) is 0 Å². The molecule has 0 aromatic carbocycles. The molecule has 0 bridgehead atoms. The molecule has 0 N–H and O–H groups in total. The SMILES string of the molecule is CCCCCCCCCCCCN(C)C(=O)C(CC)CCCC. The van der Waals surface area contributed by atoms with Crippen LogP contribution in [0.2, 0.25) is 0 Å². The first kappa shape index (κ1) is 22.5. The Morgan fingerprint density at radius 2 is 1.22 bits per heavy atom. The van der Waals surface area contributed by atoms with E-state index in [2.05, 4.69) is 20.8 Å². The molecule has 0 fully saturated rings. The Balaban J connectivity index is 3.57. The molecule has 2 nitrogen and oxygen atoms in total. The Morgan fingerprint density at radius 1 is 0.739 bits per heavy atom. The van der Waals surface area contributed by atoms with Gasteiger partial charge in [0.2, 0.25) is 5.91 Å². The molecule has 0 saturated carbocycles. The van der Waals surface area contributed by atoms with Crippen molar-refractivity contribution in [1.29, 1.82) is 0 Å². The van der Waals surface area contributed by atoms with Gasteiger partial charge in [-0.15, -0.1) is 0 Å². The van der Waals surface area contributed by atoms with Crippen molar-refractivity contribution in [2.45, 2.75) is 111 Å². The zero-order valence-corrected chi connectivity index (χ0v) is 16.5. The van der Waals surface area contributed by atoms with Gasteiger partial charge in [-0.2, -0.15) is 0 Å². The standard InChI is InChI=1S/C21H43NO/c1-5-8-10-11-12-13-14-15-16-17-19-22(4)21(23)20(7-3)18-9-6-2/h20H,5-19H2,1-4H3. The maximum atomic E-state index is 12.4. The van der Waals surface area contributed by atoms with Crippen LogP contribution >= 0.6 is 0 Å². The summed E-state index contributed by atoms with van der Waals surface area (Å²) in [6, 6.07) is 0. The van der Waals surface area contributed by atoms with E-state index in [1.807, 2.05) is 11.9 Å². The Hall–Kier alpha value is -0.530. The molecule has 0 heterocycles. The maximum Gasteiger partial charge on any atom is 0.225 e. The van der Waals surface area contributed by atoms with Gasteiger partial charge >= 0.3 is 0 Å². The van der Waals surface area contributed by atoms with Gasteiger partial charge in [0.25, 0.3) is 0 Å². The van der Waals surface area contributed by atoms with Crippen molar-refractivity contribution in [2.24, 2.45) is 5.92 Å². The topological polar surface area (TPSA) is 20.3 Å². The second-order valence-electron chi connectivity index (χ2n) is 7.19. The van der Waals surface area contributed by atoms with E-state index in [-0.39, 0.29) is 5.92 Å². The lowest BCUT2D eigenvalue weighted by Gasteiger charge is -2.23. The Labute approximate surface area is 146 Å². The second kappa shape index (κ2) is 16.3. The first-order valence-corrected chi connectivity index (χ1v) is 10.4. The van der Waals surface area contributed by atoms with Gasteiger partial charge in [0, 0.05) is 19.5 Å². The number of nitrogens with zero attached hydrogens (tertiary/aromatic N) is 1. The quantitative estimate of drug-likeness (QED) is 0.293. The van der Waals surface area contributed by atoms with Gasteiger partial charge in [-0.1, -0.05) is 91.4 Å². The fourth-order valence-electron chi connectivity index (χ4n) is 3.21. The smallest absolute Gasteiger partial charge is 0.225 e. The monoisotopic (exact) mass is 325 g/mol. The van der Waals surface area contributed by atoms with Crippen molar-refractivity contribution in [3.05, 3.63) is 0 Å². The van der Waals surface area contributed by atoms with Crippen LogP contribution < -0.4 is 0 Å². The fourth-order valence-corrected chi connectivity index (χ4v) is 3.21. The second-order valence-corrected chi connectivity index (χ2v) is 7.19. The molecule has 0 aliphatic carbocycles. The van der Waals surface area contributed by atoms with Gasteiger partial charge in [0.1, 0.15) is 0 Å². The molecule has 0 aliphatic heterocycles. The van der Waals surface area contributed by atoms with Gasteiger partial charge in [-0.25, -0.2) is 0 Å². The average molecular weight is 326 g/mol. The highest BCUT2D eigenvalue weighted by atomic mass is 16.2. The molecule has 23 heavy (non-hydrogen) atoms. The molecule has 0 rings (SSSR count). The number of carbonyl (C=O) groups excluding carboxylic acids is 1. The minimum atomic E-state index is 0.253. The largest absolute Gasteiger partial charge is 0.346 e. The van der Waals surface area contributed by atoms with Crippen molar-refractivity contribution in [3.63, 3.8) is 0 Å².